The fraction of sp³-hybridized carbons (Fsp3) is 0.636. The average Bonchev–Trinajstić information content (AvgIpc) is 2.83. The van der Waals surface area contributed by atoms with Gasteiger partial charge in [0.1, 0.15) is 0 Å². The molecular weight excluding hydrogens is 240 g/mol. The van der Waals surface area contributed by atoms with E-state index >= 15 is 0 Å². The molecule has 0 aliphatic carbocycles. The summed E-state index contributed by atoms with van der Waals surface area (Å²) in [6, 6.07) is 1.88. The highest BCUT2D eigenvalue weighted by atomic mass is 35.5. The van der Waals surface area contributed by atoms with Crippen LogP contribution in [0.25, 0.3) is 0 Å². The van der Waals surface area contributed by atoms with Gasteiger partial charge < -0.3 is 10.6 Å². The predicted molar refractivity (Wildman–Crippen MR) is 68.1 cm³/mol. The predicted octanol–water partition coefficient (Wildman–Crippen LogP) is 0.421. The molecule has 1 saturated heterocycles. The van der Waals surface area contributed by atoms with E-state index < -0.39 is 0 Å². The highest BCUT2D eigenvalue weighted by molar-refractivity contribution is 5.85. The minimum atomic E-state index is 0. The number of aromatic nitrogens is 2. The molecule has 0 saturated carbocycles. The Morgan fingerprint density at radius 3 is 3.12 bits per heavy atom. The number of hydrogen-bond acceptors (Lipinski definition) is 3. The highest BCUT2D eigenvalue weighted by Crippen LogP contribution is 2.09. The van der Waals surface area contributed by atoms with Gasteiger partial charge in [-0.25, -0.2) is 0 Å². The lowest BCUT2D eigenvalue weighted by Crippen LogP contribution is -2.41. The van der Waals surface area contributed by atoms with Gasteiger partial charge in [0.2, 0.25) is 5.91 Å². The van der Waals surface area contributed by atoms with Crippen molar-refractivity contribution < 1.29 is 4.79 Å². The number of hydrogen-bond donors (Lipinski definition) is 2. The van der Waals surface area contributed by atoms with Gasteiger partial charge in [0.05, 0.1) is 12.5 Å². The summed E-state index contributed by atoms with van der Waals surface area (Å²) in [6.45, 7) is 3.24. The molecule has 0 radical (unpaired) electrons. The first-order chi connectivity index (χ1) is 7.86. The van der Waals surface area contributed by atoms with Gasteiger partial charge in [0, 0.05) is 25.5 Å². The Balaban J connectivity index is 0.00000144. The maximum absolute atomic E-state index is 11.7. The molecular formula is C11H19ClN4O. The molecule has 1 atom stereocenters. The van der Waals surface area contributed by atoms with Gasteiger partial charge in [-0.05, 0) is 25.5 Å². The largest absolute Gasteiger partial charge is 0.354 e. The summed E-state index contributed by atoms with van der Waals surface area (Å²) < 4.78 is 1.82. The van der Waals surface area contributed by atoms with Gasteiger partial charge in [-0.15, -0.1) is 12.4 Å². The van der Waals surface area contributed by atoms with E-state index in [1.54, 1.807) is 6.20 Å². The van der Waals surface area contributed by atoms with Crippen molar-refractivity contribution in [1.82, 2.24) is 20.4 Å². The summed E-state index contributed by atoms with van der Waals surface area (Å²) in [4.78, 5) is 11.7. The molecule has 17 heavy (non-hydrogen) atoms. The first kappa shape index (κ1) is 14.0. The second-order valence-corrected chi connectivity index (χ2v) is 4.10. The van der Waals surface area contributed by atoms with E-state index in [0.717, 1.165) is 32.5 Å². The number of piperidine rings is 1. The van der Waals surface area contributed by atoms with Crippen molar-refractivity contribution in [1.29, 1.82) is 0 Å². The molecule has 0 aromatic carbocycles. The number of carbonyl (C=O) groups excluding carboxylic acids is 1. The second-order valence-electron chi connectivity index (χ2n) is 4.10. The van der Waals surface area contributed by atoms with E-state index in [9.17, 15) is 4.79 Å². The smallest absolute Gasteiger partial charge is 0.224 e. The normalized spacial score (nSPS) is 19.4. The first-order valence-electron chi connectivity index (χ1n) is 5.82. The minimum absolute atomic E-state index is 0. The number of rotatable bonds is 4. The van der Waals surface area contributed by atoms with Crippen LogP contribution in [0.4, 0.5) is 0 Å². The van der Waals surface area contributed by atoms with Crippen LogP contribution >= 0.6 is 12.4 Å². The van der Waals surface area contributed by atoms with E-state index in [-0.39, 0.29) is 24.2 Å². The van der Waals surface area contributed by atoms with Crippen molar-refractivity contribution in [3.8, 4) is 0 Å². The third-order valence-electron chi connectivity index (χ3n) is 2.87. The van der Waals surface area contributed by atoms with Crippen LogP contribution in [-0.2, 0) is 11.3 Å². The molecule has 2 rings (SSSR count). The fourth-order valence-electron chi connectivity index (χ4n) is 1.95. The molecule has 1 fully saturated rings. The van der Waals surface area contributed by atoms with Gasteiger partial charge in [0.15, 0.2) is 0 Å². The van der Waals surface area contributed by atoms with Crippen LogP contribution in [0.3, 0.4) is 0 Å². The van der Waals surface area contributed by atoms with Crippen molar-refractivity contribution in [2.75, 3.05) is 19.6 Å². The molecule has 1 aromatic heterocycles. The number of nitrogens with one attached hydrogen (secondary N) is 2. The summed E-state index contributed by atoms with van der Waals surface area (Å²) in [6.07, 6.45) is 5.74. The Labute approximate surface area is 107 Å². The van der Waals surface area contributed by atoms with Crippen LogP contribution in [0.5, 0.6) is 0 Å². The molecule has 6 heteroatoms. The fourth-order valence-corrected chi connectivity index (χ4v) is 1.95. The van der Waals surface area contributed by atoms with Crippen molar-refractivity contribution in [3.05, 3.63) is 18.5 Å². The van der Waals surface area contributed by atoms with Gasteiger partial charge in [-0.2, -0.15) is 5.10 Å². The summed E-state index contributed by atoms with van der Waals surface area (Å²) >= 11 is 0. The van der Waals surface area contributed by atoms with Gasteiger partial charge in [0.25, 0.3) is 0 Å². The Hall–Kier alpha value is -1.07. The van der Waals surface area contributed by atoms with E-state index in [2.05, 4.69) is 15.7 Å². The molecule has 96 valence electrons. The third-order valence-corrected chi connectivity index (χ3v) is 2.87. The molecule has 1 aromatic rings. The standard InChI is InChI=1S/C11H18N4O.ClH/c16-11(10-3-1-4-12-9-10)13-6-8-15-7-2-5-14-15;/h2,5,7,10,12H,1,3-4,6,8-9H2,(H,13,16);1H/t10-;/m1./s1. The highest BCUT2D eigenvalue weighted by Gasteiger charge is 2.19. The Kier molecular flexibility index (Phi) is 6.00. The zero-order valence-electron chi connectivity index (χ0n) is 9.76. The van der Waals surface area contributed by atoms with Crippen molar-refractivity contribution in [3.63, 3.8) is 0 Å². The van der Waals surface area contributed by atoms with Crippen LogP contribution in [0.2, 0.25) is 0 Å². The quantitative estimate of drug-likeness (QED) is 0.823. The van der Waals surface area contributed by atoms with E-state index in [1.807, 2.05) is 16.9 Å². The zero-order chi connectivity index (χ0) is 11.2. The van der Waals surface area contributed by atoms with Crippen LogP contribution in [0.1, 0.15) is 12.8 Å². The van der Waals surface area contributed by atoms with Crippen LogP contribution in [-0.4, -0.2) is 35.3 Å². The SMILES string of the molecule is Cl.O=C(NCCn1cccn1)[C@@H]1CCCNC1. The summed E-state index contributed by atoms with van der Waals surface area (Å²) in [7, 11) is 0. The lowest BCUT2D eigenvalue weighted by molar-refractivity contribution is -0.125. The summed E-state index contributed by atoms with van der Waals surface area (Å²) in [5.74, 6) is 0.311. The average molecular weight is 259 g/mol. The number of nitrogens with zero attached hydrogens (tertiary/aromatic N) is 2. The number of carbonyl (C=O) groups is 1. The maximum Gasteiger partial charge on any atom is 0.224 e. The molecule has 1 aliphatic rings. The maximum atomic E-state index is 11.7. The molecule has 2 N–H and O–H groups in total. The van der Waals surface area contributed by atoms with E-state index in [4.69, 9.17) is 0 Å². The second kappa shape index (κ2) is 7.29. The number of halogens is 1. The van der Waals surface area contributed by atoms with E-state index in [0.29, 0.717) is 6.54 Å². The lowest BCUT2D eigenvalue weighted by Gasteiger charge is -2.21. The van der Waals surface area contributed by atoms with Crippen LogP contribution < -0.4 is 10.6 Å². The zero-order valence-corrected chi connectivity index (χ0v) is 10.6. The summed E-state index contributed by atoms with van der Waals surface area (Å²) in [5, 5.41) is 10.3. The third kappa shape index (κ3) is 4.36. The molecule has 0 unspecified atom stereocenters. The molecule has 5 nitrogen and oxygen atoms in total. The van der Waals surface area contributed by atoms with Gasteiger partial charge in [-0.1, -0.05) is 0 Å². The van der Waals surface area contributed by atoms with Crippen molar-refractivity contribution in [2.45, 2.75) is 19.4 Å². The van der Waals surface area contributed by atoms with Crippen molar-refractivity contribution >= 4 is 18.3 Å². The number of amides is 1. The molecule has 2 heterocycles. The monoisotopic (exact) mass is 258 g/mol. The van der Waals surface area contributed by atoms with Gasteiger partial charge >= 0.3 is 0 Å². The molecule has 1 aliphatic heterocycles. The Morgan fingerprint density at radius 1 is 1.59 bits per heavy atom. The lowest BCUT2D eigenvalue weighted by atomic mass is 9.99. The first-order valence-corrected chi connectivity index (χ1v) is 5.82. The Bertz CT molecular complexity index is 322. The topological polar surface area (TPSA) is 59.0 Å². The molecule has 0 bridgehead atoms. The van der Waals surface area contributed by atoms with Crippen molar-refractivity contribution in [2.24, 2.45) is 5.92 Å². The molecule has 1 amide bonds. The summed E-state index contributed by atoms with van der Waals surface area (Å²) in [5.41, 5.74) is 0. The Morgan fingerprint density at radius 2 is 2.47 bits per heavy atom. The van der Waals surface area contributed by atoms with E-state index in [1.165, 1.54) is 0 Å². The van der Waals surface area contributed by atoms with Gasteiger partial charge in [-0.3, -0.25) is 9.48 Å². The van der Waals surface area contributed by atoms with Crippen LogP contribution in [0.15, 0.2) is 18.5 Å². The van der Waals surface area contributed by atoms with Crippen LogP contribution in [0, 0.1) is 5.92 Å². The molecule has 0 spiro atoms. The minimum Gasteiger partial charge on any atom is -0.354 e.